The predicted octanol–water partition coefficient (Wildman–Crippen LogP) is 6.49. The number of halogens is 1. The van der Waals surface area contributed by atoms with Crippen LogP contribution in [0.15, 0.2) is 89.1 Å². The lowest BCUT2D eigenvalue weighted by Gasteiger charge is -2.35. The first-order valence-corrected chi connectivity index (χ1v) is 11.6. The standard InChI is InChI=1S/C27H23ClN4O3/c1-3-34-22-15-13-21(14-16-22)32-17(2)23(24(29-27(32)33)18-7-5-4-6-8-18)26-30-25(31-35-26)19-9-11-20(28)12-10-19/h4-16,24H,3H2,1-2H3,(H,29,33). The zero-order chi connectivity index (χ0) is 24.4. The molecule has 176 valence electrons. The summed E-state index contributed by atoms with van der Waals surface area (Å²) < 4.78 is 11.3. The molecule has 35 heavy (non-hydrogen) atoms. The quantitative estimate of drug-likeness (QED) is 0.337. The van der Waals surface area contributed by atoms with Crippen LogP contribution in [0, 0.1) is 0 Å². The Kier molecular flexibility index (Phi) is 6.25. The number of carbonyl (C=O) groups excluding carboxylic acids is 1. The summed E-state index contributed by atoms with van der Waals surface area (Å²) in [7, 11) is 0. The molecule has 2 heterocycles. The van der Waals surface area contributed by atoms with Gasteiger partial charge in [0.2, 0.25) is 5.82 Å². The number of aromatic nitrogens is 2. The summed E-state index contributed by atoms with van der Waals surface area (Å²) in [6, 6.07) is 23.6. The van der Waals surface area contributed by atoms with Gasteiger partial charge in [-0.1, -0.05) is 47.1 Å². The Morgan fingerprint density at radius 1 is 1.03 bits per heavy atom. The topological polar surface area (TPSA) is 80.5 Å². The minimum atomic E-state index is -0.457. The molecule has 1 unspecified atom stereocenters. The van der Waals surface area contributed by atoms with Crippen LogP contribution in [0.25, 0.3) is 17.0 Å². The first-order chi connectivity index (χ1) is 17.0. The van der Waals surface area contributed by atoms with Crippen LogP contribution in [-0.4, -0.2) is 22.8 Å². The number of ether oxygens (including phenoxy) is 1. The molecule has 8 heteroatoms. The molecular weight excluding hydrogens is 464 g/mol. The number of rotatable bonds is 6. The van der Waals surface area contributed by atoms with Gasteiger partial charge >= 0.3 is 6.03 Å². The lowest BCUT2D eigenvalue weighted by atomic mass is 9.94. The van der Waals surface area contributed by atoms with E-state index in [1.165, 1.54) is 0 Å². The van der Waals surface area contributed by atoms with Crippen molar-refractivity contribution in [3.05, 3.63) is 101 Å². The van der Waals surface area contributed by atoms with Crippen LogP contribution >= 0.6 is 11.6 Å². The number of amides is 2. The van der Waals surface area contributed by atoms with Crippen LogP contribution < -0.4 is 15.0 Å². The van der Waals surface area contributed by atoms with E-state index >= 15 is 0 Å². The molecule has 0 radical (unpaired) electrons. The second-order valence-electron chi connectivity index (χ2n) is 7.98. The van der Waals surface area contributed by atoms with Gasteiger partial charge in [-0.05, 0) is 67.9 Å². The summed E-state index contributed by atoms with van der Waals surface area (Å²) in [6.45, 7) is 4.38. The number of hydrogen-bond acceptors (Lipinski definition) is 5. The monoisotopic (exact) mass is 486 g/mol. The number of anilines is 1. The highest BCUT2D eigenvalue weighted by Gasteiger charge is 2.36. The summed E-state index contributed by atoms with van der Waals surface area (Å²) in [6.07, 6.45) is 0. The molecule has 3 aromatic carbocycles. The number of urea groups is 1. The van der Waals surface area contributed by atoms with Crippen molar-refractivity contribution in [1.82, 2.24) is 15.5 Å². The molecule has 1 atom stereocenters. The van der Waals surface area contributed by atoms with Gasteiger partial charge in [0.1, 0.15) is 5.75 Å². The maximum Gasteiger partial charge on any atom is 0.326 e. The third-order valence-corrected chi connectivity index (χ3v) is 6.03. The molecule has 0 saturated carbocycles. The van der Waals surface area contributed by atoms with Gasteiger partial charge in [0.05, 0.1) is 23.9 Å². The molecule has 0 aliphatic carbocycles. The molecular formula is C27H23ClN4O3. The molecule has 4 aromatic rings. The van der Waals surface area contributed by atoms with E-state index in [9.17, 15) is 4.79 Å². The van der Waals surface area contributed by atoms with Crippen molar-refractivity contribution in [2.75, 3.05) is 11.5 Å². The fourth-order valence-electron chi connectivity index (χ4n) is 4.13. The Morgan fingerprint density at radius 2 is 1.74 bits per heavy atom. The van der Waals surface area contributed by atoms with Crippen molar-refractivity contribution < 1.29 is 14.1 Å². The highest BCUT2D eigenvalue weighted by Crippen LogP contribution is 2.39. The molecule has 0 bridgehead atoms. The summed E-state index contributed by atoms with van der Waals surface area (Å²) >= 11 is 6.02. The van der Waals surface area contributed by atoms with E-state index < -0.39 is 6.04 Å². The maximum atomic E-state index is 13.3. The lowest BCUT2D eigenvalue weighted by Crippen LogP contribution is -2.46. The number of nitrogens with one attached hydrogen (secondary N) is 1. The highest BCUT2D eigenvalue weighted by atomic mass is 35.5. The molecule has 1 N–H and O–H groups in total. The molecule has 0 spiro atoms. The number of hydrogen-bond donors (Lipinski definition) is 1. The molecule has 1 aliphatic rings. The van der Waals surface area contributed by atoms with E-state index in [-0.39, 0.29) is 6.03 Å². The molecule has 1 aliphatic heterocycles. The van der Waals surface area contributed by atoms with E-state index in [4.69, 9.17) is 20.9 Å². The van der Waals surface area contributed by atoms with Gasteiger partial charge in [0, 0.05) is 16.3 Å². The second-order valence-corrected chi connectivity index (χ2v) is 8.42. The zero-order valence-corrected chi connectivity index (χ0v) is 20.0. The Labute approximate surface area is 208 Å². The normalized spacial score (nSPS) is 15.8. The van der Waals surface area contributed by atoms with Gasteiger partial charge < -0.3 is 14.6 Å². The smallest absolute Gasteiger partial charge is 0.326 e. The van der Waals surface area contributed by atoms with Crippen LogP contribution in [0.5, 0.6) is 5.75 Å². The van der Waals surface area contributed by atoms with E-state index in [1.807, 2.05) is 80.6 Å². The van der Waals surface area contributed by atoms with Gasteiger partial charge in [-0.15, -0.1) is 0 Å². The summed E-state index contributed by atoms with van der Waals surface area (Å²) in [5.74, 6) is 1.51. The fraction of sp³-hybridized carbons (Fsp3) is 0.148. The number of nitrogens with zero attached hydrogens (tertiary/aromatic N) is 3. The molecule has 0 fully saturated rings. The maximum absolute atomic E-state index is 13.3. The van der Waals surface area contributed by atoms with Crippen LogP contribution in [-0.2, 0) is 0 Å². The van der Waals surface area contributed by atoms with Crippen molar-refractivity contribution in [1.29, 1.82) is 0 Å². The third-order valence-electron chi connectivity index (χ3n) is 5.78. The summed E-state index contributed by atoms with van der Waals surface area (Å²) in [4.78, 5) is 19.6. The van der Waals surface area contributed by atoms with Crippen LogP contribution in [0.2, 0.25) is 5.02 Å². The Balaban J connectivity index is 1.61. The fourth-order valence-corrected chi connectivity index (χ4v) is 4.26. The van der Waals surface area contributed by atoms with Crippen molar-refractivity contribution in [2.45, 2.75) is 19.9 Å². The largest absolute Gasteiger partial charge is 0.494 e. The SMILES string of the molecule is CCOc1ccc(N2C(=O)NC(c3ccccc3)C(c3nc(-c4ccc(Cl)cc4)no3)=C2C)cc1. The molecule has 5 rings (SSSR count). The average molecular weight is 487 g/mol. The Hall–Kier alpha value is -4.10. The van der Waals surface area contributed by atoms with E-state index in [1.54, 1.807) is 17.0 Å². The Bertz CT molecular complexity index is 1370. The Morgan fingerprint density at radius 3 is 2.43 bits per heavy atom. The van der Waals surface area contributed by atoms with Gasteiger partial charge in [0.25, 0.3) is 5.89 Å². The number of carbonyl (C=O) groups is 1. The van der Waals surface area contributed by atoms with Crippen LogP contribution in [0.1, 0.15) is 31.3 Å². The third kappa shape index (κ3) is 4.50. The van der Waals surface area contributed by atoms with Crippen molar-refractivity contribution in [3.63, 3.8) is 0 Å². The first kappa shape index (κ1) is 22.7. The number of benzene rings is 3. The first-order valence-electron chi connectivity index (χ1n) is 11.2. The van der Waals surface area contributed by atoms with E-state index in [0.29, 0.717) is 34.7 Å². The van der Waals surface area contributed by atoms with Crippen molar-refractivity contribution in [3.8, 4) is 17.1 Å². The zero-order valence-electron chi connectivity index (χ0n) is 19.2. The van der Waals surface area contributed by atoms with Crippen molar-refractivity contribution in [2.24, 2.45) is 0 Å². The minimum Gasteiger partial charge on any atom is -0.494 e. The van der Waals surface area contributed by atoms with E-state index in [2.05, 4.69) is 15.5 Å². The molecule has 1 aromatic heterocycles. The average Bonchev–Trinajstić information content (AvgIpc) is 3.35. The number of allylic oxidation sites excluding steroid dienone is 1. The van der Waals surface area contributed by atoms with Crippen LogP contribution in [0.4, 0.5) is 10.5 Å². The van der Waals surface area contributed by atoms with Crippen molar-refractivity contribution >= 4 is 28.9 Å². The van der Waals surface area contributed by atoms with E-state index in [0.717, 1.165) is 22.4 Å². The van der Waals surface area contributed by atoms with Gasteiger partial charge in [-0.2, -0.15) is 4.98 Å². The molecule has 2 amide bonds. The second kappa shape index (κ2) is 9.64. The van der Waals surface area contributed by atoms with Gasteiger partial charge in [-0.25, -0.2) is 4.79 Å². The van der Waals surface area contributed by atoms with Crippen LogP contribution in [0.3, 0.4) is 0 Å². The van der Waals surface area contributed by atoms with Gasteiger partial charge in [0.15, 0.2) is 0 Å². The molecule has 0 saturated heterocycles. The highest BCUT2D eigenvalue weighted by molar-refractivity contribution is 6.30. The van der Waals surface area contributed by atoms with Gasteiger partial charge in [-0.3, -0.25) is 4.90 Å². The summed E-state index contributed by atoms with van der Waals surface area (Å²) in [5.41, 5.74) is 3.80. The lowest BCUT2D eigenvalue weighted by molar-refractivity contribution is 0.244. The minimum absolute atomic E-state index is 0.248. The molecule has 7 nitrogen and oxygen atoms in total. The summed E-state index contributed by atoms with van der Waals surface area (Å²) in [5, 5.41) is 7.93. The predicted molar refractivity (Wildman–Crippen MR) is 135 cm³/mol.